The fourth-order valence-electron chi connectivity index (χ4n) is 2.08. The Morgan fingerprint density at radius 2 is 1.88 bits per heavy atom. The van der Waals surface area contributed by atoms with Gasteiger partial charge in [0.1, 0.15) is 0 Å². The van der Waals surface area contributed by atoms with Gasteiger partial charge in [0.15, 0.2) is 0 Å². The van der Waals surface area contributed by atoms with E-state index in [9.17, 15) is 9.59 Å². The number of halogens is 1. The van der Waals surface area contributed by atoms with Gasteiger partial charge in [0, 0.05) is 30.8 Å². The van der Waals surface area contributed by atoms with Gasteiger partial charge in [-0.1, -0.05) is 23.7 Å². The summed E-state index contributed by atoms with van der Waals surface area (Å²) in [6.45, 7) is 5.34. The van der Waals surface area contributed by atoms with Crippen molar-refractivity contribution in [2.75, 3.05) is 26.8 Å². The molecule has 6 heteroatoms. The molecule has 0 unspecified atom stereocenters. The van der Waals surface area contributed by atoms with Crippen molar-refractivity contribution in [1.82, 2.24) is 4.90 Å². The highest BCUT2D eigenvalue weighted by Gasteiger charge is 2.13. The molecule has 1 rings (SSSR count). The maximum absolute atomic E-state index is 12.4. The second kappa shape index (κ2) is 11.7. The minimum Gasteiger partial charge on any atom is -0.469 e. The van der Waals surface area contributed by atoms with Crippen molar-refractivity contribution >= 4 is 29.6 Å². The summed E-state index contributed by atoms with van der Waals surface area (Å²) in [5.74, 6) is -0.485. The number of nitrogens with zero attached hydrogens (tertiary/aromatic N) is 1. The van der Waals surface area contributed by atoms with Gasteiger partial charge in [-0.2, -0.15) is 0 Å². The smallest absolute Gasteiger partial charge is 0.307 e. The van der Waals surface area contributed by atoms with Crippen LogP contribution in [0.2, 0.25) is 5.02 Å². The summed E-state index contributed by atoms with van der Waals surface area (Å²) in [6.07, 6.45) is 4.27. The van der Waals surface area contributed by atoms with Crippen LogP contribution in [0.15, 0.2) is 30.3 Å². The first kappa shape index (κ1) is 21.2. The van der Waals surface area contributed by atoms with Crippen LogP contribution in [0.4, 0.5) is 0 Å². The van der Waals surface area contributed by atoms with Gasteiger partial charge in [0.05, 0.1) is 19.6 Å². The molecule has 0 spiro atoms. The highest BCUT2D eigenvalue weighted by atomic mass is 35.5. The van der Waals surface area contributed by atoms with E-state index in [1.165, 1.54) is 13.2 Å². The van der Waals surface area contributed by atoms with Crippen LogP contribution in [0.1, 0.15) is 32.3 Å². The Bertz CT molecular complexity index is 569. The molecule has 5 nitrogen and oxygen atoms in total. The lowest BCUT2D eigenvalue weighted by Gasteiger charge is -2.21. The zero-order chi connectivity index (χ0) is 18.7. The maximum atomic E-state index is 12.4. The van der Waals surface area contributed by atoms with Crippen molar-refractivity contribution in [2.45, 2.75) is 32.8 Å². The number of esters is 1. The lowest BCUT2D eigenvalue weighted by atomic mass is 10.2. The Kier molecular flexibility index (Phi) is 9.88. The maximum Gasteiger partial charge on any atom is 0.307 e. The number of amides is 1. The summed E-state index contributed by atoms with van der Waals surface area (Å²) in [6, 6.07) is 7.21. The molecule has 0 saturated heterocycles. The first-order valence-electron chi connectivity index (χ1n) is 8.33. The fraction of sp³-hybridized carbons (Fsp3) is 0.474. The topological polar surface area (TPSA) is 55.8 Å². The Morgan fingerprint density at radius 3 is 2.48 bits per heavy atom. The molecule has 1 aromatic rings. The number of carbonyl (C=O) groups excluding carboxylic acids is 2. The van der Waals surface area contributed by atoms with E-state index in [4.69, 9.17) is 16.3 Å². The van der Waals surface area contributed by atoms with Gasteiger partial charge in [-0.25, -0.2) is 0 Å². The van der Waals surface area contributed by atoms with Gasteiger partial charge in [-0.05, 0) is 44.0 Å². The quantitative estimate of drug-likeness (QED) is 0.360. The van der Waals surface area contributed by atoms with Crippen LogP contribution in [0, 0.1) is 0 Å². The number of hydrogen-bond acceptors (Lipinski definition) is 4. The fourth-order valence-corrected chi connectivity index (χ4v) is 2.21. The molecular formula is C19H26ClNO4. The van der Waals surface area contributed by atoms with Crippen LogP contribution in [0.25, 0.3) is 6.08 Å². The molecule has 0 radical (unpaired) electrons. The largest absolute Gasteiger partial charge is 0.469 e. The van der Waals surface area contributed by atoms with E-state index in [0.717, 1.165) is 5.56 Å². The number of hydrogen-bond donors (Lipinski definition) is 0. The van der Waals surface area contributed by atoms with Gasteiger partial charge in [-0.15, -0.1) is 0 Å². The number of rotatable bonds is 10. The van der Waals surface area contributed by atoms with Crippen LogP contribution in [-0.4, -0.2) is 49.7 Å². The van der Waals surface area contributed by atoms with Crippen molar-refractivity contribution in [3.8, 4) is 0 Å². The summed E-state index contributed by atoms with van der Waals surface area (Å²) in [5, 5.41) is 0.647. The highest BCUT2D eigenvalue weighted by molar-refractivity contribution is 6.30. The van der Waals surface area contributed by atoms with Gasteiger partial charge < -0.3 is 14.4 Å². The summed E-state index contributed by atoms with van der Waals surface area (Å²) in [4.78, 5) is 25.4. The molecule has 1 aromatic carbocycles. The summed E-state index contributed by atoms with van der Waals surface area (Å²) in [7, 11) is 1.34. The van der Waals surface area contributed by atoms with Crippen LogP contribution in [0.5, 0.6) is 0 Å². The van der Waals surface area contributed by atoms with Gasteiger partial charge in [0.25, 0.3) is 0 Å². The SMILES string of the molecule is COC(=O)CCN(CCCOC(C)C)C(=O)/C=C/c1ccc(Cl)cc1. The minimum atomic E-state index is -0.335. The monoisotopic (exact) mass is 367 g/mol. The molecule has 0 atom stereocenters. The molecule has 0 fully saturated rings. The van der Waals surface area contributed by atoms with Gasteiger partial charge >= 0.3 is 5.97 Å². The molecule has 0 aliphatic heterocycles. The molecule has 0 aliphatic carbocycles. The van der Waals surface area contributed by atoms with Crippen LogP contribution >= 0.6 is 11.6 Å². The van der Waals surface area contributed by atoms with Crippen molar-refractivity contribution in [3.05, 3.63) is 40.9 Å². The van der Waals surface area contributed by atoms with E-state index in [-0.39, 0.29) is 24.4 Å². The third-order valence-corrected chi connectivity index (χ3v) is 3.69. The van der Waals surface area contributed by atoms with E-state index in [1.54, 1.807) is 23.1 Å². The predicted octanol–water partition coefficient (Wildman–Crippen LogP) is 3.56. The normalized spacial score (nSPS) is 11.1. The van der Waals surface area contributed by atoms with E-state index < -0.39 is 0 Å². The molecule has 0 heterocycles. The Morgan fingerprint density at radius 1 is 1.20 bits per heavy atom. The van der Waals surface area contributed by atoms with E-state index in [2.05, 4.69) is 4.74 Å². The molecule has 1 amide bonds. The number of carbonyl (C=O) groups is 2. The van der Waals surface area contributed by atoms with Crippen molar-refractivity contribution in [3.63, 3.8) is 0 Å². The first-order valence-corrected chi connectivity index (χ1v) is 8.71. The van der Waals surface area contributed by atoms with Crippen molar-refractivity contribution in [1.29, 1.82) is 0 Å². The summed E-state index contributed by atoms with van der Waals surface area (Å²) >= 11 is 5.85. The first-order chi connectivity index (χ1) is 11.9. The molecular weight excluding hydrogens is 342 g/mol. The minimum absolute atomic E-state index is 0.150. The Hall–Kier alpha value is -1.85. The number of benzene rings is 1. The van der Waals surface area contributed by atoms with E-state index >= 15 is 0 Å². The van der Waals surface area contributed by atoms with Crippen molar-refractivity contribution < 1.29 is 19.1 Å². The lowest BCUT2D eigenvalue weighted by molar-refractivity contribution is -0.141. The molecule has 0 aromatic heterocycles. The zero-order valence-electron chi connectivity index (χ0n) is 15.0. The number of methoxy groups -OCH3 is 1. The summed E-state index contributed by atoms with van der Waals surface area (Å²) < 4.78 is 10.1. The third-order valence-electron chi connectivity index (χ3n) is 3.44. The van der Waals surface area contributed by atoms with E-state index in [1.807, 2.05) is 26.0 Å². The second-order valence-electron chi connectivity index (χ2n) is 5.81. The van der Waals surface area contributed by atoms with Crippen molar-refractivity contribution in [2.24, 2.45) is 0 Å². The van der Waals surface area contributed by atoms with Crippen LogP contribution < -0.4 is 0 Å². The van der Waals surface area contributed by atoms with Crippen LogP contribution in [0.3, 0.4) is 0 Å². The Balaban J connectivity index is 2.62. The molecule has 0 aliphatic rings. The third kappa shape index (κ3) is 9.27. The van der Waals surface area contributed by atoms with E-state index in [0.29, 0.717) is 31.1 Å². The molecule has 0 N–H and O–H groups in total. The predicted molar refractivity (Wildman–Crippen MR) is 99.4 cm³/mol. The average Bonchev–Trinajstić information content (AvgIpc) is 2.59. The zero-order valence-corrected chi connectivity index (χ0v) is 15.8. The molecule has 0 bridgehead atoms. The van der Waals surface area contributed by atoms with Gasteiger partial charge in [-0.3, -0.25) is 9.59 Å². The van der Waals surface area contributed by atoms with Gasteiger partial charge in [0.2, 0.25) is 5.91 Å². The molecule has 25 heavy (non-hydrogen) atoms. The van der Waals surface area contributed by atoms with Crippen LogP contribution in [-0.2, 0) is 19.1 Å². The standard InChI is InChI=1S/C19H26ClNO4/c1-15(2)25-14-4-12-21(13-11-19(23)24-3)18(22)10-7-16-5-8-17(20)9-6-16/h5-10,15H,4,11-14H2,1-3H3/b10-7+. The number of ether oxygens (including phenoxy) is 2. The molecule has 138 valence electrons. The molecule has 0 saturated carbocycles. The summed E-state index contributed by atoms with van der Waals surface area (Å²) in [5.41, 5.74) is 0.883. The second-order valence-corrected chi connectivity index (χ2v) is 6.25. The highest BCUT2D eigenvalue weighted by Crippen LogP contribution is 2.11. The Labute approximate surface area is 154 Å². The lowest BCUT2D eigenvalue weighted by Crippen LogP contribution is -2.33. The average molecular weight is 368 g/mol.